The summed E-state index contributed by atoms with van der Waals surface area (Å²) in [7, 11) is 0. The first kappa shape index (κ1) is 7.89. The van der Waals surface area contributed by atoms with E-state index in [1.54, 1.807) is 18.3 Å². The molecule has 0 unspecified atom stereocenters. The number of hydrogen-bond acceptors (Lipinski definition) is 3. The normalized spacial score (nSPS) is 10.5. The molecule has 0 aliphatic heterocycles. The second kappa shape index (κ2) is 2.95. The summed E-state index contributed by atoms with van der Waals surface area (Å²) >= 11 is 8.85. The SMILES string of the molecule is Clc1ccc2nc(Br)ncc2n1. The molecule has 0 aliphatic rings. The highest BCUT2D eigenvalue weighted by molar-refractivity contribution is 9.10. The van der Waals surface area contributed by atoms with E-state index < -0.39 is 0 Å². The lowest BCUT2D eigenvalue weighted by atomic mass is 10.4. The predicted octanol–water partition coefficient (Wildman–Crippen LogP) is 2.44. The molecule has 0 radical (unpaired) electrons. The van der Waals surface area contributed by atoms with E-state index in [4.69, 9.17) is 11.6 Å². The van der Waals surface area contributed by atoms with Crippen LogP contribution in [0.25, 0.3) is 11.0 Å². The molecule has 0 saturated heterocycles. The van der Waals surface area contributed by atoms with E-state index in [1.165, 1.54) is 0 Å². The van der Waals surface area contributed by atoms with E-state index in [2.05, 4.69) is 30.9 Å². The second-order valence-corrected chi connectivity index (χ2v) is 3.27. The number of pyridine rings is 1. The Morgan fingerprint density at radius 1 is 1.17 bits per heavy atom. The van der Waals surface area contributed by atoms with Crippen LogP contribution in [0.4, 0.5) is 0 Å². The Labute approximate surface area is 81.9 Å². The molecule has 0 N–H and O–H groups in total. The highest BCUT2D eigenvalue weighted by Gasteiger charge is 1.98. The number of fused-ring (bicyclic) bond motifs is 1. The van der Waals surface area contributed by atoms with E-state index in [1.807, 2.05) is 0 Å². The van der Waals surface area contributed by atoms with Crippen LogP contribution in [0.2, 0.25) is 5.15 Å². The van der Waals surface area contributed by atoms with Crippen molar-refractivity contribution in [1.29, 1.82) is 0 Å². The Kier molecular flexibility index (Phi) is 1.94. The lowest BCUT2D eigenvalue weighted by Gasteiger charge is -1.95. The smallest absolute Gasteiger partial charge is 0.197 e. The minimum atomic E-state index is 0.452. The third-order valence-corrected chi connectivity index (χ3v) is 1.97. The number of halogens is 2. The summed E-state index contributed by atoms with van der Waals surface area (Å²) in [6.07, 6.45) is 1.62. The molecule has 0 bridgehead atoms. The summed E-state index contributed by atoms with van der Waals surface area (Å²) in [5, 5.41) is 0.452. The zero-order valence-electron chi connectivity index (χ0n) is 5.83. The lowest BCUT2D eigenvalue weighted by Crippen LogP contribution is -1.86. The molecule has 60 valence electrons. The Morgan fingerprint density at radius 3 is 2.83 bits per heavy atom. The standard InChI is InChI=1S/C7H3BrClN3/c8-7-10-3-5-4(12-7)1-2-6(9)11-5/h1-3H. The third kappa shape index (κ3) is 1.40. The molecule has 0 spiro atoms. The number of rotatable bonds is 0. The Bertz CT molecular complexity index is 391. The van der Waals surface area contributed by atoms with Gasteiger partial charge in [0.2, 0.25) is 0 Å². The van der Waals surface area contributed by atoms with Crippen LogP contribution in [0.1, 0.15) is 0 Å². The van der Waals surface area contributed by atoms with Gasteiger partial charge in [-0.15, -0.1) is 0 Å². The van der Waals surface area contributed by atoms with Crippen molar-refractivity contribution in [3.8, 4) is 0 Å². The topological polar surface area (TPSA) is 38.7 Å². The van der Waals surface area contributed by atoms with Crippen molar-refractivity contribution in [3.63, 3.8) is 0 Å². The highest BCUT2D eigenvalue weighted by atomic mass is 79.9. The molecular formula is C7H3BrClN3. The minimum Gasteiger partial charge on any atom is -0.233 e. The van der Waals surface area contributed by atoms with Crippen LogP contribution in [-0.4, -0.2) is 15.0 Å². The van der Waals surface area contributed by atoms with Gasteiger partial charge in [-0.3, -0.25) is 0 Å². The van der Waals surface area contributed by atoms with E-state index >= 15 is 0 Å². The van der Waals surface area contributed by atoms with Crippen molar-refractivity contribution in [1.82, 2.24) is 15.0 Å². The lowest BCUT2D eigenvalue weighted by molar-refractivity contribution is 1.14. The van der Waals surface area contributed by atoms with Crippen molar-refractivity contribution in [3.05, 3.63) is 28.2 Å². The van der Waals surface area contributed by atoms with Gasteiger partial charge in [0.1, 0.15) is 10.7 Å². The van der Waals surface area contributed by atoms with Gasteiger partial charge in [0.25, 0.3) is 0 Å². The molecule has 0 fully saturated rings. The van der Waals surface area contributed by atoms with Crippen LogP contribution in [-0.2, 0) is 0 Å². The van der Waals surface area contributed by atoms with E-state index in [-0.39, 0.29) is 0 Å². The molecule has 2 aromatic rings. The fraction of sp³-hybridized carbons (Fsp3) is 0. The summed E-state index contributed by atoms with van der Waals surface area (Å²) in [6.45, 7) is 0. The van der Waals surface area contributed by atoms with Crippen LogP contribution in [0.15, 0.2) is 23.1 Å². The van der Waals surface area contributed by atoms with Crippen LogP contribution >= 0.6 is 27.5 Å². The van der Waals surface area contributed by atoms with Crippen molar-refractivity contribution < 1.29 is 0 Å². The average molecular weight is 244 g/mol. The van der Waals surface area contributed by atoms with Gasteiger partial charge in [0.15, 0.2) is 4.73 Å². The van der Waals surface area contributed by atoms with Gasteiger partial charge in [-0.05, 0) is 28.1 Å². The molecule has 2 rings (SSSR count). The van der Waals surface area contributed by atoms with Gasteiger partial charge in [-0.2, -0.15) is 0 Å². The maximum atomic E-state index is 5.68. The minimum absolute atomic E-state index is 0.452. The first-order chi connectivity index (χ1) is 5.75. The monoisotopic (exact) mass is 243 g/mol. The molecule has 0 atom stereocenters. The molecule has 0 aliphatic carbocycles. The Hall–Kier alpha value is -0.740. The summed E-state index contributed by atoms with van der Waals surface area (Å²) in [4.78, 5) is 12.1. The first-order valence-corrected chi connectivity index (χ1v) is 4.37. The number of hydrogen-bond donors (Lipinski definition) is 0. The molecule has 3 nitrogen and oxygen atoms in total. The van der Waals surface area contributed by atoms with Crippen LogP contribution in [0, 0.1) is 0 Å². The number of aromatic nitrogens is 3. The first-order valence-electron chi connectivity index (χ1n) is 3.20. The van der Waals surface area contributed by atoms with E-state index in [9.17, 15) is 0 Å². The maximum Gasteiger partial charge on any atom is 0.197 e. The number of nitrogens with zero attached hydrogens (tertiary/aromatic N) is 3. The van der Waals surface area contributed by atoms with Gasteiger partial charge in [-0.25, -0.2) is 15.0 Å². The molecule has 0 amide bonds. The molecule has 5 heteroatoms. The van der Waals surface area contributed by atoms with Crippen molar-refractivity contribution in [2.45, 2.75) is 0 Å². The summed E-state index contributed by atoms with van der Waals surface area (Å²) in [6, 6.07) is 3.50. The molecular weight excluding hydrogens is 241 g/mol. The maximum absolute atomic E-state index is 5.68. The summed E-state index contributed by atoms with van der Waals surface area (Å²) in [5.74, 6) is 0. The van der Waals surface area contributed by atoms with Gasteiger partial charge in [-0.1, -0.05) is 11.6 Å². The molecule has 0 saturated carbocycles. The second-order valence-electron chi connectivity index (χ2n) is 2.18. The summed E-state index contributed by atoms with van der Waals surface area (Å²) < 4.78 is 0.555. The van der Waals surface area contributed by atoms with Crippen molar-refractivity contribution >= 4 is 38.6 Å². The van der Waals surface area contributed by atoms with Gasteiger partial charge >= 0.3 is 0 Å². The largest absolute Gasteiger partial charge is 0.233 e. The fourth-order valence-electron chi connectivity index (χ4n) is 0.875. The van der Waals surface area contributed by atoms with Gasteiger partial charge in [0, 0.05) is 0 Å². The zero-order valence-corrected chi connectivity index (χ0v) is 8.17. The van der Waals surface area contributed by atoms with E-state index in [0.717, 1.165) is 5.52 Å². The fourth-order valence-corrected chi connectivity index (χ4v) is 1.32. The van der Waals surface area contributed by atoms with Gasteiger partial charge in [0.05, 0.1) is 11.7 Å². The van der Waals surface area contributed by atoms with Crippen LogP contribution in [0.3, 0.4) is 0 Å². The van der Waals surface area contributed by atoms with Gasteiger partial charge < -0.3 is 0 Å². The molecule has 0 aromatic carbocycles. The zero-order chi connectivity index (χ0) is 8.55. The van der Waals surface area contributed by atoms with Crippen molar-refractivity contribution in [2.75, 3.05) is 0 Å². The average Bonchev–Trinajstić information content (AvgIpc) is 2.05. The predicted molar refractivity (Wildman–Crippen MR) is 50.0 cm³/mol. The van der Waals surface area contributed by atoms with Crippen LogP contribution < -0.4 is 0 Å². The quantitative estimate of drug-likeness (QED) is 0.528. The summed E-state index contributed by atoms with van der Waals surface area (Å²) in [5.41, 5.74) is 1.48. The van der Waals surface area contributed by atoms with Crippen molar-refractivity contribution in [2.24, 2.45) is 0 Å². The molecule has 2 aromatic heterocycles. The Balaban J connectivity index is 2.79. The van der Waals surface area contributed by atoms with E-state index in [0.29, 0.717) is 15.4 Å². The van der Waals surface area contributed by atoms with Crippen LogP contribution in [0.5, 0.6) is 0 Å². The third-order valence-electron chi connectivity index (χ3n) is 1.37. The molecule has 2 heterocycles. The molecule has 12 heavy (non-hydrogen) atoms. The highest BCUT2D eigenvalue weighted by Crippen LogP contribution is 2.13. The Morgan fingerprint density at radius 2 is 2.00 bits per heavy atom.